The Hall–Kier alpha value is -3.04. The molecular formula is C18H10ClF2N3O3S. The molecule has 0 saturated carbocycles. The molecular weight excluding hydrogens is 412 g/mol. The van der Waals surface area contributed by atoms with Crippen LogP contribution in [0.1, 0.15) is 0 Å². The molecule has 0 aliphatic rings. The Morgan fingerprint density at radius 1 is 1.07 bits per heavy atom. The van der Waals surface area contributed by atoms with E-state index in [2.05, 4.69) is 9.97 Å². The van der Waals surface area contributed by atoms with E-state index < -0.39 is 32.3 Å². The van der Waals surface area contributed by atoms with Crippen LogP contribution in [0.3, 0.4) is 0 Å². The van der Waals surface area contributed by atoms with Crippen molar-refractivity contribution in [1.29, 1.82) is 0 Å². The van der Waals surface area contributed by atoms with Crippen molar-refractivity contribution in [2.75, 3.05) is 0 Å². The number of phenols is 1. The van der Waals surface area contributed by atoms with E-state index in [9.17, 15) is 22.3 Å². The predicted octanol–water partition coefficient (Wildman–Crippen LogP) is 3.97. The summed E-state index contributed by atoms with van der Waals surface area (Å²) in [7, 11) is -4.61. The van der Waals surface area contributed by atoms with Crippen molar-refractivity contribution >= 4 is 32.5 Å². The van der Waals surface area contributed by atoms with Gasteiger partial charge in [0.1, 0.15) is 16.4 Å². The summed E-state index contributed by atoms with van der Waals surface area (Å²) in [6, 6.07) is 6.91. The first kappa shape index (κ1) is 18.3. The number of rotatable bonds is 3. The Balaban J connectivity index is 2.11. The summed E-state index contributed by atoms with van der Waals surface area (Å²) in [4.78, 5) is 7.11. The first-order chi connectivity index (χ1) is 13.3. The molecule has 0 aliphatic carbocycles. The fourth-order valence-electron chi connectivity index (χ4n) is 2.87. The van der Waals surface area contributed by atoms with Gasteiger partial charge < -0.3 is 5.11 Å². The lowest BCUT2D eigenvalue weighted by Gasteiger charge is -2.13. The predicted molar refractivity (Wildman–Crippen MR) is 98.6 cm³/mol. The molecule has 1 N–H and O–H groups in total. The van der Waals surface area contributed by atoms with E-state index in [1.165, 1.54) is 42.9 Å². The lowest BCUT2D eigenvalue weighted by atomic mass is 10.2. The second-order valence-corrected chi connectivity index (χ2v) is 8.02. The Morgan fingerprint density at radius 3 is 2.57 bits per heavy atom. The van der Waals surface area contributed by atoms with Crippen LogP contribution in [-0.4, -0.2) is 27.5 Å². The average Bonchev–Trinajstić information content (AvgIpc) is 3.04. The van der Waals surface area contributed by atoms with Gasteiger partial charge >= 0.3 is 0 Å². The van der Waals surface area contributed by atoms with Gasteiger partial charge in [-0.15, -0.1) is 0 Å². The number of hydrogen-bond donors (Lipinski definition) is 1. The van der Waals surface area contributed by atoms with Crippen molar-refractivity contribution in [3.8, 4) is 17.1 Å². The smallest absolute Gasteiger partial charge is 0.272 e. The van der Waals surface area contributed by atoms with E-state index in [0.29, 0.717) is 22.5 Å². The molecule has 0 spiro atoms. The fraction of sp³-hybridized carbons (Fsp3) is 0. The van der Waals surface area contributed by atoms with E-state index in [4.69, 9.17) is 11.6 Å². The van der Waals surface area contributed by atoms with Crippen LogP contribution in [0.25, 0.3) is 22.3 Å². The minimum atomic E-state index is -4.61. The first-order valence-corrected chi connectivity index (χ1v) is 9.62. The molecule has 10 heteroatoms. The SMILES string of the molecule is O=S(=O)(c1cc(F)cc(F)c1O)n1c(-c2cnccn2)cc2cc(Cl)ccc21. The van der Waals surface area contributed by atoms with E-state index in [1.54, 1.807) is 0 Å². The van der Waals surface area contributed by atoms with Gasteiger partial charge in [0.2, 0.25) is 0 Å². The Morgan fingerprint density at radius 2 is 1.86 bits per heavy atom. The molecule has 0 saturated heterocycles. The molecule has 4 rings (SSSR count). The van der Waals surface area contributed by atoms with Crippen LogP contribution in [0.15, 0.2) is 59.9 Å². The number of aromatic nitrogens is 3. The highest BCUT2D eigenvalue weighted by Crippen LogP contribution is 2.36. The molecule has 0 unspecified atom stereocenters. The van der Waals surface area contributed by atoms with Crippen LogP contribution in [0.2, 0.25) is 5.02 Å². The monoisotopic (exact) mass is 421 g/mol. The maximum Gasteiger partial charge on any atom is 0.272 e. The normalized spacial score (nSPS) is 11.8. The van der Waals surface area contributed by atoms with E-state index in [0.717, 1.165) is 3.97 Å². The van der Waals surface area contributed by atoms with Gasteiger partial charge in [-0.2, -0.15) is 0 Å². The largest absolute Gasteiger partial charge is 0.504 e. The number of aromatic hydroxyl groups is 1. The molecule has 0 atom stereocenters. The highest BCUT2D eigenvalue weighted by atomic mass is 35.5. The number of hydrogen-bond acceptors (Lipinski definition) is 5. The van der Waals surface area contributed by atoms with Gasteiger partial charge in [-0.25, -0.2) is 21.2 Å². The molecule has 4 aromatic rings. The van der Waals surface area contributed by atoms with Crippen LogP contribution in [0.4, 0.5) is 8.78 Å². The summed E-state index contributed by atoms with van der Waals surface area (Å²) in [6.45, 7) is 0. The summed E-state index contributed by atoms with van der Waals surface area (Å²) in [5.41, 5.74) is 0.485. The topological polar surface area (TPSA) is 85.1 Å². The summed E-state index contributed by atoms with van der Waals surface area (Å²) in [6.07, 6.45) is 4.12. The maximum atomic E-state index is 13.8. The number of fused-ring (bicyclic) bond motifs is 1. The molecule has 2 heterocycles. The maximum absolute atomic E-state index is 13.8. The van der Waals surface area contributed by atoms with Crippen molar-refractivity contribution in [3.63, 3.8) is 0 Å². The van der Waals surface area contributed by atoms with E-state index >= 15 is 0 Å². The van der Waals surface area contributed by atoms with Gasteiger partial charge in [-0.05, 0) is 30.3 Å². The van der Waals surface area contributed by atoms with Gasteiger partial charge in [0.25, 0.3) is 10.0 Å². The van der Waals surface area contributed by atoms with Crippen LogP contribution in [-0.2, 0) is 10.0 Å². The number of phenolic OH excluding ortho intramolecular Hbond substituents is 1. The van der Waals surface area contributed by atoms with E-state index in [-0.39, 0.29) is 16.9 Å². The second-order valence-electron chi connectivity index (χ2n) is 5.83. The third kappa shape index (κ3) is 2.88. The van der Waals surface area contributed by atoms with Gasteiger partial charge in [0, 0.05) is 28.9 Å². The molecule has 0 amide bonds. The summed E-state index contributed by atoms with van der Waals surface area (Å²) < 4.78 is 55.0. The molecule has 0 fully saturated rings. The van der Waals surface area contributed by atoms with Crippen LogP contribution in [0.5, 0.6) is 5.75 Å². The fourth-order valence-corrected chi connectivity index (χ4v) is 4.68. The molecule has 2 aromatic heterocycles. The number of benzene rings is 2. The third-order valence-corrected chi connectivity index (χ3v) is 6.03. The minimum absolute atomic E-state index is 0.0921. The Kier molecular flexibility index (Phi) is 4.28. The van der Waals surface area contributed by atoms with Crippen molar-refractivity contribution in [1.82, 2.24) is 13.9 Å². The van der Waals surface area contributed by atoms with Crippen LogP contribution in [0, 0.1) is 11.6 Å². The minimum Gasteiger partial charge on any atom is -0.504 e. The standard InChI is InChI=1S/C18H10ClF2N3O3S/c19-11-1-2-15-10(5-11)6-16(14-9-22-3-4-23-14)24(15)28(26,27)17-8-12(20)7-13(21)18(17)25/h1-9,25H. The highest BCUT2D eigenvalue weighted by molar-refractivity contribution is 7.90. The average molecular weight is 422 g/mol. The zero-order valence-corrected chi connectivity index (χ0v) is 15.4. The van der Waals surface area contributed by atoms with Gasteiger partial charge in [0.05, 0.1) is 17.4 Å². The zero-order valence-electron chi connectivity index (χ0n) is 13.8. The molecule has 28 heavy (non-hydrogen) atoms. The molecule has 0 radical (unpaired) electrons. The van der Waals surface area contributed by atoms with Gasteiger partial charge in [0.15, 0.2) is 11.6 Å². The zero-order chi connectivity index (χ0) is 20.1. The third-order valence-electron chi connectivity index (χ3n) is 4.06. The summed E-state index contributed by atoms with van der Waals surface area (Å²) in [5, 5.41) is 10.8. The van der Waals surface area contributed by atoms with Crippen molar-refractivity contribution in [2.45, 2.75) is 4.90 Å². The summed E-state index contributed by atoms with van der Waals surface area (Å²) >= 11 is 6.00. The quantitative estimate of drug-likeness (QED) is 0.541. The number of nitrogens with zero attached hydrogens (tertiary/aromatic N) is 3. The molecule has 2 aromatic carbocycles. The lowest BCUT2D eigenvalue weighted by molar-refractivity contribution is 0.411. The van der Waals surface area contributed by atoms with Gasteiger partial charge in [-0.1, -0.05) is 11.6 Å². The first-order valence-electron chi connectivity index (χ1n) is 7.80. The van der Waals surface area contributed by atoms with Crippen molar-refractivity contribution in [2.24, 2.45) is 0 Å². The van der Waals surface area contributed by atoms with E-state index in [1.807, 2.05) is 0 Å². The molecule has 6 nitrogen and oxygen atoms in total. The van der Waals surface area contributed by atoms with Crippen LogP contribution < -0.4 is 0 Å². The highest BCUT2D eigenvalue weighted by Gasteiger charge is 2.29. The molecule has 0 aliphatic heterocycles. The lowest BCUT2D eigenvalue weighted by Crippen LogP contribution is -2.15. The van der Waals surface area contributed by atoms with Crippen molar-refractivity contribution < 1.29 is 22.3 Å². The Bertz CT molecular complexity index is 1330. The molecule has 0 bridgehead atoms. The number of halogens is 3. The van der Waals surface area contributed by atoms with Crippen LogP contribution >= 0.6 is 11.6 Å². The molecule has 142 valence electrons. The Labute approximate surface area is 162 Å². The van der Waals surface area contributed by atoms with Crippen molar-refractivity contribution in [3.05, 3.63) is 71.6 Å². The van der Waals surface area contributed by atoms with Gasteiger partial charge in [-0.3, -0.25) is 9.97 Å². The second kappa shape index (κ2) is 6.54. The summed E-state index contributed by atoms with van der Waals surface area (Å²) in [5.74, 6) is -3.71.